The Morgan fingerprint density at radius 3 is 2.82 bits per heavy atom. The molecule has 0 aromatic carbocycles. The number of hydrogen-bond acceptors (Lipinski definition) is 8. The summed E-state index contributed by atoms with van der Waals surface area (Å²) in [5.41, 5.74) is 0.197. The van der Waals surface area contributed by atoms with Crippen molar-refractivity contribution in [1.82, 2.24) is 15.2 Å². The van der Waals surface area contributed by atoms with Gasteiger partial charge in [-0.15, -0.1) is 12.4 Å². The summed E-state index contributed by atoms with van der Waals surface area (Å²) >= 11 is 0. The molecule has 0 fully saturated rings. The maximum Gasteiger partial charge on any atom is 0.360 e. The third-order valence-corrected chi connectivity index (χ3v) is 2.39. The van der Waals surface area contributed by atoms with Gasteiger partial charge in [0.05, 0.1) is 19.9 Å². The topological polar surface area (TPSA) is 117 Å². The fourth-order valence-electron chi connectivity index (χ4n) is 1.45. The lowest BCUT2D eigenvalue weighted by molar-refractivity contribution is 0.0519. The van der Waals surface area contributed by atoms with Crippen LogP contribution in [0.1, 0.15) is 33.7 Å². The van der Waals surface area contributed by atoms with Gasteiger partial charge >= 0.3 is 11.9 Å². The molecule has 2 rings (SSSR count). The number of aromatic amines is 1. The number of esters is 2. The number of rotatable bonds is 6. The van der Waals surface area contributed by atoms with Crippen LogP contribution in [0.15, 0.2) is 16.9 Å². The number of nitrogens with zero attached hydrogens (tertiary/aromatic N) is 2. The smallest absolute Gasteiger partial charge is 0.360 e. The molecule has 9 nitrogen and oxygen atoms in total. The van der Waals surface area contributed by atoms with Gasteiger partial charge in [-0.3, -0.25) is 0 Å². The second-order valence-corrected chi connectivity index (χ2v) is 3.74. The number of carbonyl (C=O) groups is 2. The standard InChI is InChI=1S/C12H13N3O6.ClH/c1-3-19-11(16)7-4-13-15-10(7)21-6-9-14-8(5-20-9)12(17)18-2;/h4-5H,3,6H2,1-2H3,(H,13,15);1H. The second-order valence-electron chi connectivity index (χ2n) is 3.74. The maximum absolute atomic E-state index is 11.6. The van der Waals surface area contributed by atoms with E-state index in [1.165, 1.54) is 13.3 Å². The zero-order valence-corrected chi connectivity index (χ0v) is 12.6. The van der Waals surface area contributed by atoms with E-state index >= 15 is 0 Å². The van der Waals surface area contributed by atoms with E-state index in [0.717, 1.165) is 6.26 Å². The van der Waals surface area contributed by atoms with Gasteiger partial charge in [0, 0.05) is 0 Å². The maximum atomic E-state index is 11.6. The van der Waals surface area contributed by atoms with Gasteiger partial charge in [0.1, 0.15) is 11.8 Å². The van der Waals surface area contributed by atoms with E-state index in [9.17, 15) is 9.59 Å². The molecule has 0 atom stereocenters. The van der Waals surface area contributed by atoms with Gasteiger partial charge in [0.2, 0.25) is 11.8 Å². The Morgan fingerprint density at radius 2 is 2.14 bits per heavy atom. The molecule has 0 radical (unpaired) electrons. The highest BCUT2D eigenvalue weighted by Crippen LogP contribution is 2.17. The van der Waals surface area contributed by atoms with Crippen LogP contribution in [0.25, 0.3) is 0 Å². The first-order valence-electron chi connectivity index (χ1n) is 6.01. The van der Waals surface area contributed by atoms with E-state index in [-0.39, 0.29) is 48.6 Å². The Bertz CT molecular complexity index is 638. The Morgan fingerprint density at radius 1 is 1.36 bits per heavy atom. The van der Waals surface area contributed by atoms with Crippen LogP contribution in [0, 0.1) is 0 Å². The molecule has 120 valence electrons. The number of aromatic nitrogens is 3. The number of hydrogen-bond donors (Lipinski definition) is 1. The molecule has 1 N–H and O–H groups in total. The lowest BCUT2D eigenvalue weighted by Gasteiger charge is -2.03. The molecule has 0 aliphatic carbocycles. The lowest BCUT2D eigenvalue weighted by atomic mass is 10.3. The molecule has 10 heteroatoms. The average Bonchev–Trinajstić information content (AvgIpc) is 3.13. The molecular weight excluding hydrogens is 318 g/mol. The van der Waals surface area contributed by atoms with E-state index in [1.807, 2.05) is 0 Å². The van der Waals surface area contributed by atoms with Crippen LogP contribution >= 0.6 is 12.4 Å². The normalized spacial score (nSPS) is 9.73. The van der Waals surface area contributed by atoms with Crippen molar-refractivity contribution in [2.75, 3.05) is 13.7 Å². The van der Waals surface area contributed by atoms with E-state index in [2.05, 4.69) is 19.9 Å². The highest BCUT2D eigenvalue weighted by Gasteiger charge is 2.18. The number of oxazole rings is 1. The highest BCUT2D eigenvalue weighted by atomic mass is 35.5. The summed E-state index contributed by atoms with van der Waals surface area (Å²) in [4.78, 5) is 26.7. The number of methoxy groups -OCH3 is 1. The Kier molecular flexibility index (Phi) is 6.39. The van der Waals surface area contributed by atoms with Crippen LogP contribution in [0.5, 0.6) is 5.88 Å². The monoisotopic (exact) mass is 331 g/mol. The Balaban J connectivity index is 0.00000242. The number of ether oxygens (including phenoxy) is 3. The van der Waals surface area contributed by atoms with Crippen LogP contribution in [-0.4, -0.2) is 40.8 Å². The molecule has 2 heterocycles. The Hall–Kier alpha value is -2.55. The van der Waals surface area contributed by atoms with Crippen LogP contribution < -0.4 is 4.74 Å². The third kappa shape index (κ3) is 3.98. The zero-order valence-electron chi connectivity index (χ0n) is 11.8. The van der Waals surface area contributed by atoms with Crippen molar-refractivity contribution >= 4 is 24.3 Å². The Labute approximate surface area is 131 Å². The SMILES string of the molecule is CCOC(=O)c1cn[nH]c1OCc1nc(C(=O)OC)co1.Cl. The number of H-pyrrole nitrogens is 1. The first-order valence-corrected chi connectivity index (χ1v) is 6.01. The summed E-state index contributed by atoms with van der Waals surface area (Å²) in [6, 6.07) is 0. The van der Waals surface area contributed by atoms with Gasteiger partial charge in [0.25, 0.3) is 0 Å². The highest BCUT2D eigenvalue weighted by molar-refractivity contribution is 5.91. The molecule has 0 saturated heterocycles. The molecule has 0 aliphatic heterocycles. The largest absolute Gasteiger partial charge is 0.467 e. The average molecular weight is 332 g/mol. The molecule has 2 aromatic heterocycles. The van der Waals surface area contributed by atoms with E-state index in [0.29, 0.717) is 0 Å². The van der Waals surface area contributed by atoms with Crippen molar-refractivity contribution in [3.63, 3.8) is 0 Å². The van der Waals surface area contributed by atoms with Crippen molar-refractivity contribution in [3.05, 3.63) is 29.6 Å². The number of carbonyl (C=O) groups excluding carboxylic acids is 2. The predicted octanol–water partition coefficient (Wildman–Crippen LogP) is 1.36. The van der Waals surface area contributed by atoms with Crippen molar-refractivity contribution < 1.29 is 28.2 Å². The van der Waals surface area contributed by atoms with Crippen molar-refractivity contribution in [1.29, 1.82) is 0 Å². The summed E-state index contributed by atoms with van der Waals surface area (Å²) in [6.07, 6.45) is 2.45. The van der Waals surface area contributed by atoms with E-state index in [4.69, 9.17) is 13.9 Å². The van der Waals surface area contributed by atoms with Gasteiger partial charge < -0.3 is 18.6 Å². The first-order chi connectivity index (χ1) is 10.2. The van der Waals surface area contributed by atoms with E-state index in [1.54, 1.807) is 6.92 Å². The summed E-state index contributed by atoms with van der Waals surface area (Å²) in [6.45, 7) is 1.84. The van der Waals surface area contributed by atoms with Crippen LogP contribution in [0.3, 0.4) is 0 Å². The van der Waals surface area contributed by atoms with Crippen molar-refractivity contribution in [2.24, 2.45) is 0 Å². The molecule has 0 aliphatic rings. The predicted molar refractivity (Wildman–Crippen MR) is 74.0 cm³/mol. The fourth-order valence-corrected chi connectivity index (χ4v) is 1.45. The minimum Gasteiger partial charge on any atom is -0.467 e. The molecular formula is C12H14ClN3O6. The molecule has 2 aromatic rings. The minimum atomic E-state index is -0.612. The van der Waals surface area contributed by atoms with Crippen LogP contribution in [0.2, 0.25) is 0 Å². The summed E-state index contributed by atoms with van der Waals surface area (Å²) in [7, 11) is 1.24. The van der Waals surface area contributed by atoms with Gasteiger partial charge in [-0.1, -0.05) is 0 Å². The van der Waals surface area contributed by atoms with Crippen LogP contribution in [0.4, 0.5) is 0 Å². The molecule has 0 amide bonds. The van der Waals surface area contributed by atoms with Gasteiger partial charge in [-0.05, 0) is 6.92 Å². The molecule has 0 spiro atoms. The lowest BCUT2D eigenvalue weighted by Crippen LogP contribution is -2.07. The van der Waals surface area contributed by atoms with E-state index < -0.39 is 11.9 Å². The zero-order chi connectivity index (χ0) is 15.2. The summed E-state index contributed by atoms with van der Waals surface area (Å²) in [5.74, 6) is -0.881. The quantitative estimate of drug-likeness (QED) is 0.788. The number of nitrogens with one attached hydrogen (secondary N) is 1. The van der Waals surface area contributed by atoms with Crippen molar-refractivity contribution in [2.45, 2.75) is 13.5 Å². The summed E-state index contributed by atoms with van der Waals surface area (Å²) < 4.78 is 19.7. The third-order valence-electron chi connectivity index (χ3n) is 2.39. The molecule has 0 bridgehead atoms. The number of halogens is 1. The first kappa shape index (κ1) is 17.5. The molecule has 22 heavy (non-hydrogen) atoms. The molecule has 0 unspecified atom stereocenters. The van der Waals surface area contributed by atoms with Crippen molar-refractivity contribution in [3.8, 4) is 5.88 Å². The second kappa shape index (κ2) is 8.03. The van der Waals surface area contributed by atoms with Gasteiger partial charge in [-0.25, -0.2) is 19.7 Å². The summed E-state index contributed by atoms with van der Waals surface area (Å²) in [5, 5.41) is 6.23. The fraction of sp³-hybridized carbons (Fsp3) is 0.333. The van der Waals surface area contributed by atoms with Crippen LogP contribution in [-0.2, 0) is 16.1 Å². The molecule has 0 saturated carbocycles. The van der Waals surface area contributed by atoms with Gasteiger partial charge in [0.15, 0.2) is 12.3 Å². The van der Waals surface area contributed by atoms with Gasteiger partial charge in [-0.2, -0.15) is 5.10 Å². The minimum absolute atomic E-state index is 0.